The maximum atomic E-state index is 13.1. The molecule has 6 heteroatoms. The molecule has 0 saturated heterocycles. The zero-order valence-corrected chi connectivity index (χ0v) is 13.4. The fourth-order valence-electron chi connectivity index (χ4n) is 4.78. The van der Waals surface area contributed by atoms with Crippen molar-refractivity contribution in [3.05, 3.63) is 57.5 Å². The zero-order valence-electron chi connectivity index (χ0n) is 13.4. The van der Waals surface area contributed by atoms with Crippen molar-refractivity contribution in [1.29, 1.82) is 0 Å². The fraction of sp³-hybridized carbons (Fsp3) is 0.368. The Labute approximate surface area is 142 Å². The summed E-state index contributed by atoms with van der Waals surface area (Å²) in [4.78, 5) is 25.1. The topological polar surface area (TPSA) is 108 Å². The predicted octanol–water partition coefficient (Wildman–Crippen LogP) is 1.03. The number of Topliss-reactive ketones (excluding diaryl/α,β-unsaturated/α-hetero) is 1. The Morgan fingerprint density at radius 2 is 1.92 bits per heavy atom. The number of rotatable bonds is 0. The van der Waals surface area contributed by atoms with Gasteiger partial charge in [-0.15, -0.1) is 0 Å². The first kappa shape index (κ1) is 15.0. The molecule has 6 nitrogen and oxygen atoms in total. The molecule has 0 unspecified atom stereocenters. The Bertz CT molecular complexity index is 971. The normalized spacial score (nSPS) is 32.4. The van der Waals surface area contributed by atoms with E-state index in [2.05, 4.69) is 0 Å². The summed E-state index contributed by atoms with van der Waals surface area (Å²) in [5, 5.41) is 31.4. The van der Waals surface area contributed by atoms with E-state index in [0.717, 1.165) is 0 Å². The lowest BCUT2D eigenvalue weighted by Crippen LogP contribution is -2.54. The molecule has 0 fully saturated rings. The quantitative estimate of drug-likeness (QED) is 0.661. The SMILES string of the molecule is C[C@@]12c3ccc4c(c3C(=O)c3occ(c31)[C@@H](O)[C@@H](O)[C@@H]2O)CCC4=O. The molecule has 0 bridgehead atoms. The van der Waals surface area contributed by atoms with Crippen LogP contribution >= 0.6 is 0 Å². The molecular formula is C19H16O6. The summed E-state index contributed by atoms with van der Waals surface area (Å²) in [6.45, 7) is 1.74. The maximum Gasteiger partial charge on any atom is 0.229 e. The molecule has 3 N–H and O–H groups in total. The van der Waals surface area contributed by atoms with Gasteiger partial charge in [-0.05, 0) is 24.5 Å². The molecule has 25 heavy (non-hydrogen) atoms. The van der Waals surface area contributed by atoms with Gasteiger partial charge in [0.15, 0.2) is 11.5 Å². The molecule has 3 aliphatic carbocycles. The average Bonchev–Trinajstić information content (AvgIpc) is 3.21. The number of furan rings is 1. The van der Waals surface area contributed by atoms with Crippen molar-refractivity contribution in [3.63, 3.8) is 0 Å². The number of hydrogen-bond donors (Lipinski definition) is 3. The molecule has 0 saturated carbocycles. The first-order chi connectivity index (χ1) is 11.9. The van der Waals surface area contributed by atoms with Crippen molar-refractivity contribution in [3.8, 4) is 0 Å². The first-order valence-electron chi connectivity index (χ1n) is 8.27. The van der Waals surface area contributed by atoms with Crippen LogP contribution in [0.15, 0.2) is 22.8 Å². The number of hydrogen-bond acceptors (Lipinski definition) is 6. The lowest BCUT2D eigenvalue weighted by Gasteiger charge is -2.46. The van der Waals surface area contributed by atoms with Gasteiger partial charge in [0.1, 0.15) is 12.2 Å². The highest BCUT2D eigenvalue weighted by molar-refractivity contribution is 6.15. The molecule has 0 amide bonds. The van der Waals surface area contributed by atoms with Crippen LogP contribution < -0.4 is 0 Å². The van der Waals surface area contributed by atoms with E-state index in [1.165, 1.54) is 6.26 Å². The van der Waals surface area contributed by atoms with Crippen molar-refractivity contribution in [2.24, 2.45) is 0 Å². The second-order valence-corrected chi connectivity index (χ2v) is 7.24. The Hall–Kier alpha value is -2.28. The summed E-state index contributed by atoms with van der Waals surface area (Å²) in [6, 6.07) is 3.37. The number of aliphatic hydroxyl groups excluding tert-OH is 3. The number of carbonyl (C=O) groups is 2. The second kappa shape index (κ2) is 4.46. The van der Waals surface area contributed by atoms with Gasteiger partial charge in [-0.1, -0.05) is 12.1 Å². The molecule has 1 aromatic heterocycles. The van der Waals surface area contributed by atoms with Gasteiger partial charge < -0.3 is 19.7 Å². The third kappa shape index (κ3) is 1.51. The lowest BCUT2D eigenvalue weighted by molar-refractivity contribution is -0.0932. The number of ketones is 2. The third-order valence-corrected chi connectivity index (χ3v) is 6.10. The highest BCUT2D eigenvalue weighted by atomic mass is 16.4. The summed E-state index contributed by atoms with van der Waals surface area (Å²) in [6.07, 6.45) is -1.93. The third-order valence-electron chi connectivity index (χ3n) is 6.10. The van der Waals surface area contributed by atoms with Crippen LogP contribution in [-0.2, 0) is 11.8 Å². The van der Waals surface area contributed by atoms with Crippen LogP contribution in [0.25, 0.3) is 0 Å². The van der Waals surface area contributed by atoms with E-state index >= 15 is 0 Å². The molecule has 5 rings (SSSR count). The molecule has 2 aromatic rings. The van der Waals surface area contributed by atoms with E-state index in [1.54, 1.807) is 19.1 Å². The standard InChI is InChI=1S/C19H16O6/c1-19-10-4-2-7-8(3-5-11(7)20)12(10)15(22)17-13(19)9(6-25-17)14(21)16(23)18(19)24/h2,4,6,14,16,18,21,23-24H,3,5H2,1H3/t14-,16-,18+,19-/m1/s1. The van der Waals surface area contributed by atoms with Crippen LogP contribution in [0.4, 0.5) is 0 Å². The van der Waals surface area contributed by atoms with Crippen LogP contribution in [0.5, 0.6) is 0 Å². The Morgan fingerprint density at radius 1 is 1.16 bits per heavy atom. The number of benzene rings is 1. The number of fused-ring (bicyclic) bond motifs is 4. The van der Waals surface area contributed by atoms with Crippen LogP contribution in [-0.4, -0.2) is 39.1 Å². The molecule has 128 valence electrons. The Balaban J connectivity index is 1.89. The summed E-state index contributed by atoms with van der Waals surface area (Å²) < 4.78 is 5.46. The van der Waals surface area contributed by atoms with Crippen LogP contribution in [0.2, 0.25) is 0 Å². The first-order valence-corrected chi connectivity index (χ1v) is 8.27. The van der Waals surface area contributed by atoms with Crippen molar-refractivity contribution >= 4 is 11.6 Å². The minimum absolute atomic E-state index is 0.00123. The van der Waals surface area contributed by atoms with Gasteiger partial charge in [0.05, 0.1) is 17.8 Å². The fourth-order valence-corrected chi connectivity index (χ4v) is 4.78. The van der Waals surface area contributed by atoms with Crippen LogP contribution in [0, 0.1) is 0 Å². The predicted molar refractivity (Wildman–Crippen MR) is 84.7 cm³/mol. The minimum atomic E-state index is -1.40. The van der Waals surface area contributed by atoms with Gasteiger partial charge in [-0.25, -0.2) is 0 Å². The average molecular weight is 340 g/mol. The monoisotopic (exact) mass is 340 g/mol. The van der Waals surface area contributed by atoms with Crippen molar-refractivity contribution in [2.45, 2.75) is 43.5 Å². The molecular weight excluding hydrogens is 324 g/mol. The maximum absolute atomic E-state index is 13.1. The summed E-state index contributed by atoms with van der Waals surface area (Å²) >= 11 is 0. The van der Waals surface area contributed by atoms with E-state index < -0.39 is 23.7 Å². The van der Waals surface area contributed by atoms with Crippen LogP contribution in [0.3, 0.4) is 0 Å². The van der Waals surface area contributed by atoms with E-state index in [-0.39, 0.29) is 17.3 Å². The highest BCUT2D eigenvalue weighted by Crippen LogP contribution is 2.53. The molecule has 0 spiro atoms. The van der Waals surface area contributed by atoms with E-state index in [1.807, 2.05) is 0 Å². The van der Waals surface area contributed by atoms with Gasteiger partial charge in [0.2, 0.25) is 5.78 Å². The summed E-state index contributed by atoms with van der Waals surface area (Å²) in [7, 11) is 0. The smallest absolute Gasteiger partial charge is 0.229 e. The molecule has 1 heterocycles. The van der Waals surface area contributed by atoms with Crippen molar-refractivity contribution in [2.75, 3.05) is 0 Å². The molecule has 3 aliphatic rings. The number of carbonyl (C=O) groups excluding carboxylic acids is 2. The van der Waals surface area contributed by atoms with Gasteiger partial charge in [0.25, 0.3) is 0 Å². The summed E-state index contributed by atoms with van der Waals surface area (Å²) in [5.74, 6) is -0.264. The van der Waals surface area contributed by atoms with Gasteiger partial charge in [-0.2, -0.15) is 0 Å². The molecule has 4 atom stereocenters. The number of aliphatic hydroxyl groups is 3. The second-order valence-electron chi connectivity index (χ2n) is 7.24. The van der Waals surface area contributed by atoms with Crippen LogP contribution in [0.1, 0.15) is 68.2 Å². The van der Waals surface area contributed by atoms with Crippen molar-refractivity contribution < 1.29 is 29.3 Å². The Kier molecular flexibility index (Phi) is 2.68. The van der Waals surface area contributed by atoms with E-state index in [9.17, 15) is 24.9 Å². The molecule has 0 radical (unpaired) electrons. The largest absolute Gasteiger partial charge is 0.460 e. The van der Waals surface area contributed by atoms with Gasteiger partial charge in [0, 0.05) is 28.7 Å². The van der Waals surface area contributed by atoms with Gasteiger partial charge in [-0.3, -0.25) is 9.59 Å². The molecule has 1 aromatic carbocycles. The Morgan fingerprint density at radius 3 is 2.68 bits per heavy atom. The van der Waals surface area contributed by atoms with E-state index in [0.29, 0.717) is 46.2 Å². The van der Waals surface area contributed by atoms with Gasteiger partial charge >= 0.3 is 0 Å². The minimum Gasteiger partial charge on any atom is -0.460 e. The lowest BCUT2D eigenvalue weighted by atomic mass is 9.59. The highest BCUT2D eigenvalue weighted by Gasteiger charge is 2.57. The molecule has 0 aliphatic heterocycles. The van der Waals surface area contributed by atoms with E-state index in [4.69, 9.17) is 4.42 Å². The zero-order chi connectivity index (χ0) is 17.7. The summed E-state index contributed by atoms with van der Waals surface area (Å²) in [5.41, 5.74) is 1.84. The van der Waals surface area contributed by atoms with Crippen molar-refractivity contribution in [1.82, 2.24) is 0 Å².